The molecule has 4 rings (SSSR count). The van der Waals surface area contributed by atoms with Crippen molar-refractivity contribution < 1.29 is 4.74 Å². The van der Waals surface area contributed by atoms with Crippen molar-refractivity contribution in [3.05, 3.63) is 48.3 Å². The van der Waals surface area contributed by atoms with E-state index in [0.29, 0.717) is 5.88 Å². The molecule has 0 atom stereocenters. The quantitative estimate of drug-likeness (QED) is 0.676. The second-order valence-corrected chi connectivity index (χ2v) is 7.46. The van der Waals surface area contributed by atoms with Crippen molar-refractivity contribution in [2.24, 2.45) is 0 Å². The molecular weight excluding hydrogens is 352 g/mol. The average molecular weight is 378 g/mol. The molecule has 1 fully saturated rings. The molecule has 28 heavy (non-hydrogen) atoms. The van der Waals surface area contributed by atoms with Crippen LogP contribution >= 0.6 is 0 Å². The maximum Gasteiger partial charge on any atom is 0.224 e. The Balaban J connectivity index is 1.45. The van der Waals surface area contributed by atoms with Gasteiger partial charge in [-0.1, -0.05) is 0 Å². The van der Waals surface area contributed by atoms with Crippen molar-refractivity contribution >= 4 is 16.6 Å². The largest absolute Gasteiger partial charge is 0.474 e. The van der Waals surface area contributed by atoms with Gasteiger partial charge in [-0.15, -0.1) is 0 Å². The number of ether oxygens (including phenoxy) is 1. The number of aryl methyl sites for hydroxylation is 1. The van der Waals surface area contributed by atoms with Gasteiger partial charge in [0.15, 0.2) is 0 Å². The highest BCUT2D eigenvalue weighted by Gasteiger charge is 2.19. The predicted molar refractivity (Wildman–Crippen MR) is 110 cm³/mol. The lowest BCUT2D eigenvalue weighted by Gasteiger charge is -2.36. The molecule has 0 saturated carbocycles. The average Bonchev–Trinajstić information content (AvgIpc) is 2.70. The van der Waals surface area contributed by atoms with Crippen LogP contribution in [0.5, 0.6) is 5.88 Å². The van der Waals surface area contributed by atoms with Gasteiger partial charge in [0.05, 0.1) is 28.4 Å². The molecule has 1 aliphatic heterocycles. The van der Waals surface area contributed by atoms with Crippen LogP contribution in [0.15, 0.2) is 36.9 Å². The van der Waals surface area contributed by atoms with Crippen LogP contribution in [-0.2, 0) is 6.54 Å². The Hall–Kier alpha value is -2.80. The molecular formula is C21H26N6O. The Bertz CT molecular complexity index is 935. The van der Waals surface area contributed by atoms with E-state index in [1.165, 1.54) is 5.69 Å². The summed E-state index contributed by atoms with van der Waals surface area (Å²) >= 11 is 0. The number of anilines is 1. The molecule has 2 aromatic heterocycles. The van der Waals surface area contributed by atoms with Crippen LogP contribution in [-0.4, -0.2) is 57.1 Å². The topological polar surface area (TPSA) is 67.3 Å². The normalized spacial score (nSPS) is 15.4. The first kappa shape index (κ1) is 18.6. The predicted octanol–water partition coefficient (Wildman–Crippen LogP) is 2.84. The van der Waals surface area contributed by atoms with Crippen LogP contribution in [0.1, 0.15) is 25.2 Å². The summed E-state index contributed by atoms with van der Waals surface area (Å²) in [6.45, 7) is 10.8. The Morgan fingerprint density at radius 1 is 1.00 bits per heavy atom. The SMILES string of the molecule is Cc1cnc(CN2CCN(c3ccc4ncnc(OC(C)C)c4c3)CC2)cn1. The number of fused-ring (bicyclic) bond motifs is 1. The summed E-state index contributed by atoms with van der Waals surface area (Å²) in [6, 6.07) is 6.33. The highest BCUT2D eigenvalue weighted by atomic mass is 16.5. The lowest BCUT2D eigenvalue weighted by atomic mass is 10.2. The number of piperazine rings is 1. The summed E-state index contributed by atoms with van der Waals surface area (Å²) in [6.07, 6.45) is 5.35. The molecule has 7 nitrogen and oxygen atoms in total. The fourth-order valence-electron chi connectivity index (χ4n) is 3.43. The molecule has 3 aromatic rings. The van der Waals surface area contributed by atoms with Gasteiger partial charge in [-0.05, 0) is 39.0 Å². The summed E-state index contributed by atoms with van der Waals surface area (Å²) in [5.74, 6) is 0.651. The molecule has 1 saturated heterocycles. The first-order valence-electron chi connectivity index (χ1n) is 9.75. The molecule has 0 N–H and O–H groups in total. The zero-order valence-electron chi connectivity index (χ0n) is 16.7. The van der Waals surface area contributed by atoms with Gasteiger partial charge in [-0.3, -0.25) is 14.9 Å². The van der Waals surface area contributed by atoms with E-state index >= 15 is 0 Å². The van der Waals surface area contributed by atoms with Crippen LogP contribution in [0.2, 0.25) is 0 Å². The van der Waals surface area contributed by atoms with Crippen LogP contribution in [0.4, 0.5) is 5.69 Å². The second-order valence-electron chi connectivity index (χ2n) is 7.46. The highest BCUT2D eigenvalue weighted by molar-refractivity contribution is 5.86. The lowest BCUT2D eigenvalue weighted by molar-refractivity contribution is 0.235. The molecule has 0 amide bonds. The van der Waals surface area contributed by atoms with Crippen molar-refractivity contribution in [1.82, 2.24) is 24.8 Å². The Kier molecular flexibility index (Phi) is 5.34. The number of aromatic nitrogens is 4. The number of hydrogen-bond donors (Lipinski definition) is 0. The molecule has 0 bridgehead atoms. The maximum atomic E-state index is 5.87. The van der Waals surface area contributed by atoms with Gasteiger partial charge in [0.1, 0.15) is 6.33 Å². The van der Waals surface area contributed by atoms with E-state index in [1.807, 2.05) is 39.2 Å². The Morgan fingerprint density at radius 3 is 2.54 bits per heavy atom. The van der Waals surface area contributed by atoms with Gasteiger partial charge in [-0.25, -0.2) is 9.97 Å². The van der Waals surface area contributed by atoms with Crippen molar-refractivity contribution in [2.75, 3.05) is 31.1 Å². The van der Waals surface area contributed by atoms with Crippen molar-refractivity contribution in [1.29, 1.82) is 0 Å². The van der Waals surface area contributed by atoms with Gasteiger partial charge in [0.25, 0.3) is 0 Å². The van der Waals surface area contributed by atoms with Gasteiger partial charge < -0.3 is 9.64 Å². The van der Waals surface area contributed by atoms with Crippen molar-refractivity contribution in [2.45, 2.75) is 33.4 Å². The highest BCUT2D eigenvalue weighted by Crippen LogP contribution is 2.28. The Morgan fingerprint density at radius 2 is 1.82 bits per heavy atom. The van der Waals surface area contributed by atoms with Crippen molar-refractivity contribution in [3.63, 3.8) is 0 Å². The van der Waals surface area contributed by atoms with Gasteiger partial charge in [-0.2, -0.15) is 0 Å². The molecule has 0 unspecified atom stereocenters. The summed E-state index contributed by atoms with van der Waals surface area (Å²) in [5, 5.41) is 0.964. The summed E-state index contributed by atoms with van der Waals surface area (Å²) < 4.78 is 5.87. The summed E-state index contributed by atoms with van der Waals surface area (Å²) in [4.78, 5) is 22.3. The molecule has 0 spiro atoms. The van der Waals surface area contributed by atoms with E-state index in [-0.39, 0.29) is 6.10 Å². The van der Waals surface area contributed by atoms with Crippen molar-refractivity contribution in [3.8, 4) is 5.88 Å². The number of rotatable bonds is 5. The molecule has 0 radical (unpaired) electrons. The van der Waals surface area contributed by atoms with E-state index in [2.05, 4.69) is 41.9 Å². The Labute approximate surface area is 165 Å². The third-order valence-corrected chi connectivity index (χ3v) is 4.89. The molecule has 1 aliphatic rings. The van der Waals surface area contributed by atoms with Gasteiger partial charge >= 0.3 is 0 Å². The summed E-state index contributed by atoms with van der Waals surface area (Å²) in [7, 11) is 0. The fourth-order valence-corrected chi connectivity index (χ4v) is 3.43. The first-order valence-corrected chi connectivity index (χ1v) is 9.75. The van der Waals surface area contributed by atoms with Gasteiger partial charge in [0.2, 0.25) is 5.88 Å². The molecule has 146 valence electrons. The zero-order valence-corrected chi connectivity index (χ0v) is 16.7. The molecule has 7 heteroatoms. The second kappa shape index (κ2) is 8.06. The van der Waals surface area contributed by atoms with E-state index in [9.17, 15) is 0 Å². The monoisotopic (exact) mass is 378 g/mol. The smallest absolute Gasteiger partial charge is 0.224 e. The summed E-state index contributed by atoms with van der Waals surface area (Å²) in [5.41, 5.74) is 4.07. The van der Waals surface area contributed by atoms with E-state index in [0.717, 1.165) is 55.0 Å². The maximum absolute atomic E-state index is 5.87. The molecule has 3 heterocycles. The van der Waals surface area contributed by atoms with Crippen LogP contribution in [0.3, 0.4) is 0 Å². The third kappa shape index (κ3) is 4.20. The van der Waals surface area contributed by atoms with Crippen LogP contribution < -0.4 is 9.64 Å². The van der Waals surface area contributed by atoms with Gasteiger partial charge in [0, 0.05) is 50.8 Å². The number of benzene rings is 1. The van der Waals surface area contributed by atoms with E-state index < -0.39 is 0 Å². The van der Waals surface area contributed by atoms with Crippen LogP contribution in [0, 0.1) is 6.92 Å². The lowest BCUT2D eigenvalue weighted by Crippen LogP contribution is -2.46. The molecule has 0 aliphatic carbocycles. The molecule has 1 aromatic carbocycles. The number of nitrogens with zero attached hydrogens (tertiary/aromatic N) is 6. The van der Waals surface area contributed by atoms with E-state index in [4.69, 9.17) is 4.74 Å². The zero-order chi connectivity index (χ0) is 19.5. The minimum absolute atomic E-state index is 0.0789. The fraction of sp³-hybridized carbons (Fsp3) is 0.429. The third-order valence-electron chi connectivity index (χ3n) is 4.89. The first-order chi connectivity index (χ1) is 13.6. The minimum Gasteiger partial charge on any atom is -0.474 e. The van der Waals surface area contributed by atoms with E-state index in [1.54, 1.807) is 6.33 Å². The minimum atomic E-state index is 0.0789. The number of hydrogen-bond acceptors (Lipinski definition) is 7. The van der Waals surface area contributed by atoms with Crippen LogP contribution in [0.25, 0.3) is 10.9 Å². The standard InChI is InChI=1S/C21H26N6O/c1-15(2)28-21-19-10-18(4-5-20(19)24-14-25-21)27-8-6-26(7-9-27)13-17-12-22-16(3)11-23-17/h4-5,10-12,14-15H,6-9,13H2,1-3H3.